The summed E-state index contributed by atoms with van der Waals surface area (Å²) >= 11 is 1.64. The van der Waals surface area contributed by atoms with Crippen LogP contribution in [-0.2, 0) is 0 Å². The molecule has 0 saturated carbocycles. The average molecular weight is 206 g/mol. The Morgan fingerprint density at radius 1 is 1.57 bits per heavy atom. The standard InChI is InChI=1S/C11H14N2S/c12-10(11-13-6-7-14-11)8-9-4-2-1-3-5-9/h1-2,4,6-7,10H,3,5,8,12H2. The van der Waals surface area contributed by atoms with E-state index in [2.05, 4.69) is 23.2 Å². The monoisotopic (exact) mass is 206 g/mol. The van der Waals surface area contributed by atoms with Crippen LogP contribution in [0, 0.1) is 0 Å². The fourth-order valence-corrected chi connectivity index (χ4v) is 2.25. The molecule has 0 amide bonds. The molecule has 2 N–H and O–H groups in total. The molecule has 1 aromatic heterocycles. The summed E-state index contributed by atoms with van der Waals surface area (Å²) in [7, 11) is 0. The minimum Gasteiger partial charge on any atom is -0.322 e. The van der Waals surface area contributed by atoms with Gasteiger partial charge in [-0.3, -0.25) is 0 Å². The van der Waals surface area contributed by atoms with Crippen LogP contribution in [-0.4, -0.2) is 4.98 Å². The molecular formula is C11H14N2S. The molecule has 0 aliphatic heterocycles. The van der Waals surface area contributed by atoms with Gasteiger partial charge in [-0.25, -0.2) is 4.98 Å². The van der Waals surface area contributed by atoms with Crippen LogP contribution in [0.15, 0.2) is 35.4 Å². The van der Waals surface area contributed by atoms with E-state index in [0.29, 0.717) is 0 Å². The van der Waals surface area contributed by atoms with Crippen molar-refractivity contribution < 1.29 is 0 Å². The Balaban J connectivity index is 1.97. The lowest BCUT2D eigenvalue weighted by Gasteiger charge is -2.13. The van der Waals surface area contributed by atoms with Crippen LogP contribution < -0.4 is 5.73 Å². The smallest absolute Gasteiger partial charge is 0.110 e. The quantitative estimate of drug-likeness (QED) is 0.826. The Morgan fingerprint density at radius 3 is 3.14 bits per heavy atom. The van der Waals surface area contributed by atoms with Gasteiger partial charge in [0.15, 0.2) is 0 Å². The van der Waals surface area contributed by atoms with Crippen molar-refractivity contribution in [3.8, 4) is 0 Å². The van der Waals surface area contributed by atoms with Crippen molar-refractivity contribution in [3.05, 3.63) is 40.4 Å². The van der Waals surface area contributed by atoms with Crippen molar-refractivity contribution in [1.29, 1.82) is 0 Å². The van der Waals surface area contributed by atoms with Crippen LogP contribution in [0.4, 0.5) is 0 Å². The summed E-state index contributed by atoms with van der Waals surface area (Å²) in [6.45, 7) is 0. The number of allylic oxidation sites excluding steroid dienone is 3. The van der Waals surface area contributed by atoms with Crippen LogP contribution >= 0.6 is 11.3 Å². The van der Waals surface area contributed by atoms with Crippen molar-refractivity contribution in [3.63, 3.8) is 0 Å². The van der Waals surface area contributed by atoms with Crippen molar-refractivity contribution in [1.82, 2.24) is 4.98 Å². The van der Waals surface area contributed by atoms with E-state index in [4.69, 9.17) is 5.73 Å². The van der Waals surface area contributed by atoms with Gasteiger partial charge >= 0.3 is 0 Å². The lowest BCUT2D eigenvalue weighted by atomic mass is 9.99. The predicted molar refractivity (Wildman–Crippen MR) is 60.1 cm³/mol. The van der Waals surface area contributed by atoms with E-state index in [1.807, 2.05) is 11.6 Å². The van der Waals surface area contributed by atoms with Crippen molar-refractivity contribution in [2.75, 3.05) is 0 Å². The largest absolute Gasteiger partial charge is 0.322 e. The van der Waals surface area contributed by atoms with Gasteiger partial charge in [-0.05, 0) is 19.3 Å². The first-order chi connectivity index (χ1) is 6.86. The molecule has 0 fully saturated rings. The topological polar surface area (TPSA) is 38.9 Å². The molecule has 1 aliphatic carbocycles. The Morgan fingerprint density at radius 2 is 2.50 bits per heavy atom. The molecule has 14 heavy (non-hydrogen) atoms. The molecule has 1 unspecified atom stereocenters. The summed E-state index contributed by atoms with van der Waals surface area (Å²) in [6.07, 6.45) is 11.5. The Labute approximate surface area is 88.2 Å². The summed E-state index contributed by atoms with van der Waals surface area (Å²) in [5, 5.41) is 3.02. The Kier molecular flexibility index (Phi) is 3.11. The van der Waals surface area contributed by atoms with Crippen LogP contribution in [0.2, 0.25) is 0 Å². The molecular weight excluding hydrogens is 192 g/mol. The van der Waals surface area contributed by atoms with E-state index in [1.54, 1.807) is 11.3 Å². The van der Waals surface area contributed by atoms with Gasteiger partial charge in [-0.1, -0.05) is 23.8 Å². The molecule has 0 aromatic carbocycles. The first kappa shape index (κ1) is 9.62. The van der Waals surface area contributed by atoms with E-state index in [0.717, 1.165) is 24.3 Å². The molecule has 0 saturated heterocycles. The minimum absolute atomic E-state index is 0.0766. The molecule has 2 nitrogen and oxygen atoms in total. The fourth-order valence-electron chi connectivity index (χ4n) is 1.61. The second-order valence-electron chi connectivity index (χ2n) is 3.47. The normalized spacial score (nSPS) is 17.9. The summed E-state index contributed by atoms with van der Waals surface area (Å²) in [6, 6.07) is 0.0766. The first-order valence-corrected chi connectivity index (χ1v) is 5.74. The third kappa shape index (κ3) is 2.30. The van der Waals surface area contributed by atoms with Gasteiger partial charge < -0.3 is 5.73 Å². The molecule has 1 atom stereocenters. The van der Waals surface area contributed by atoms with Crippen LogP contribution in [0.5, 0.6) is 0 Å². The van der Waals surface area contributed by atoms with E-state index >= 15 is 0 Å². The van der Waals surface area contributed by atoms with Crippen molar-refractivity contribution in [2.24, 2.45) is 5.73 Å². The van der Waals surface area contributed by atoms with Crippen LogP contribution in [0.1, 0.15) is 30.3 Å². The molecule has 1 aromatic rings. The van der Waals surface area contributed by atoms with E-state index in [1.165, 1.54) is 5.57 Å². The number of aromatic nitrogens is 1. The number of nitrogens with zero attached hydrogens (tertiary/aromatic N) is 1. The number of thiazole rings is 1. The van der Waals surface area contributed by atoms with Crippen molar-refractivity contribution >= 4 is 11.3 Å². The maximum atomic E-state index is 6.05. The number of hydrogen-bond acceptors (Lipinski definition) is 3. The van der Waals surface area contributed by atoms with E-state index < -0.39 is 0 Å². The molecule has 2 rings (SSSR count). The highest BCUT2D eigenvalue weighted by atomic mass is 32.1. The van der Waals surface area contributed by atoms with Gasteiger partial charge in [0, 0.05) is 11.6 Å². The number of nitrogens with two attached hydrogens (primary N) is 1. The highest BCUT2D eigenvalue weighted by Crippen LogP contribution is 2.24. The zero-order valence-corrected chi connectivity index (χ0v) is 8.83. The van der Waals surface area contributed by atoms with Crippen LogP contribution in [0.3, 0.4) is 0 Å². The maximum absolute atomic E-state index is 6.05. The third-order valence-electron chi connectivity index (χ3n) is 2.35. The highest BCUT2D eigenvalue weighted by molar-refractivity contribution is 7.09. The molecule has 1 heterocycles. The Hall–Kier alpha value is -0.930. The summed E-state index contributed by atoms with van der Waals surface area (Å²) in [5.74, 6) is 0. The SMILES string of the molecule is NC(CC1=CC=CCC1)c1nccs1. The molecule has 0 radical (unpaired) electrons. The first-order valence-electron chi connectivity index (χ1n) is 4.86. The van der Waals surface area contributed by atoms with Gasteiger partial charge in [0.05, 0.1) is 6.04 Å². The molecule has 0 spiro atoms. The van der Waals surface area contributed by atoms with Gasteiger partial charge in [0.1, 0.15) is 5.01 Å². The highest BCUT2D eigenvalue weighted by Gasteiger charge is 2.11. The second kappa shape index (κ2) is 4.53. The summed E-state index contributed by atoms with van der Waals surface area (Å²) in [4.78, 5) is 4.23. The molecule has 3 heteroatoms. The van der Waals surface area contributed by atoms with E-state index in [9.17, 15) is 0 Å². The zero-order valence-electron chi connectivity index (χ0n) is 8.02. The van der Waals surface area contributed by atoms with Gasteiger partial charge in [-0.2, -0.15) is 0 Å². The summed E-state index contributed by atoms with van der Waals surface area (Å²) < 4.78 is 0. The van der Waals surface area contributed by atoms with Gasteiger partial charge in [0.2, 0.25) is 0 Å². The predicted octanol–water partition coefficient (Wildman–Crippen LogP) is 2.81. The van der Waals surface area contributed by atoms with Crippen molar-refractivity contribution in [2.45, 2.75) is 25.3 Å². The average Bonchev–Trinajstić information content (AvgIpc) is 2.72. The van der Waals surface area contributed by atoms with Gasteiger partial charge in [-0.15, -0.1) is 11.3 Å². The lowest BCUT2D eigenvalue weighted by molar-refractivity contribution is 0.683. The lowest BCUT2D eigenvalue weighted by Crippen LogP contribution is -2.11. The zero-order chi connectivity index (χ0) is 9.80. The number of hydrogen-bond donors (Lipinski definition) is 1. The fraction of sp³-hybridized carbons (Fsp3) is 0.364. The van der Waals surface area contributed by atoms with Crippen LogP contribution in [0.25, 0.3) is 0 Å². The molecule has 74 valence electrons. The molecule has 1 aliphatic rings. The van der Waals surface area contributed by atoms with E-state index in [-0.39, 0.29) is 6.04 Å². The second-order valence-corrected chi connectivity index (χ2v) is 4.40. The minimum atomic E-state index is 0.0766. The Bertz CT molecular complexity index is 338. The number of rotatable bonds is 3. The third-order valence-corrected chi connectivity index (χ3v) is 3.26. The summed E-state index contributed by atoms with van der Waals surface area (Å²) in [5.41, 5.74) is 7.49. The molecule has 0 bridgehead atoms. The maximum Gasteiger partial charge on any atom is 0.110 e. The van der Waals surface area contributed by atoms with Gasteiger partial charge in [0.25, 0.3) is 0 Å².